The van der Waals surface area contributed by atoms with Gasteiger partial charge in [0.1, 0.15) is 17.1 Å². The number of hydrogen-bond donors (Lipinski definition) is 3. The number of carbonyl (C=O) groups is 1. The highest BCUT2D eigenvalue weighted by atomic mass is 16.5. The fraction of sp³-hybridized carbons (Fsp3) is 0.214. The zero-order valence-corrected chi connectivity index (χ0v) is 11.2. The number of nitrogens with two attached hydrogens (primary N) is 2. The van der Waals surface area contributed by atoms with Crippen LogP contribution in [0.3, 0.4) is 0 Å². The molecule has 1 spiro atoms. The second-order valence-corrected chi connectivity index (χ2v) is 4.87. The summed E-state index contributed by atoms with van der Waals surface area (Å²) in [6.45, 7) is 3.65. The second-order valence-electron chi connectivity index (χ2n) is 4.87. The van der Waals surface area contributed by atoms with Crippen molar-refractivity contribution >= 4 is 11.6 Å². The summed E-state index contributed by atoms with van der Waals surface area (Å²) >= 11 is 0. The maximum Gasteiger partial charge on any atom is 0.256 e. The highest BCUT2D eigenvalue weighted by molar-refractivity contribution is 5.97. The number of hydrogen-bond acceptors (Lipinski definition) is 5. The molecule has 0 saturated heterocycles. The van der Waals surface area contributed by atoms with Crippen LogP contribution in [0.2, 0.25) is 0 Å². The van der Waals surface area contributed by atoms with Crippen molar-refractivity contribution in [3.63, 3.8) is 0 Å². The third kappa shape index (κ3) is 1.61. The van der Waals surface area contributed by atoms with Gasteiger partial charge in [-0.1, -0.05) is 12.1 Å². The van der Waals surface area contributed by atoms with E-state index in [1.165, 1.54) is 0 Å². The van der Waals surface area contributed by atoms with Crippen LogP contribution in [0, 0.1) is 6.92 Å². The van der Waals surface area contributed by atoms with Gasteiger partial charge in [0.15, 0.2) is 0 Å². The minimum atomic E-state index is -1.20. The highest BCUT2D eigenvalue weighted by Gasteiger charge is 2.48. The van der Waals surface area contributed by atoms with Crippen LogP contribution < -0.4 is 21.5 Å². The smallest absolute Gasteiger partial charge is 0.256 e. The molecule has 20 heavy (non-hydrogen) atoms. The fourth-order valence-electron chi connectivity index (χ4n) is 2.55. The van der Waals surface area contributed by atoms with Crippen molar-refractivity contribution in [2.45, 2.75) is 19.6 Å². The normalized spacial score (nSPS) is 23.6. The van der Waals surface area contributed by atoms with Gasteiger partial charge in [0.05, 0.1) is 5.69 Å². The Labute approximate surface area is 116 Å². The lowest BCUT2D eigenvalue weighted by Gasteiger charge is -2.31. The molecule has 3 rings (SSSR count). The molecule has 1 unspecified atom stereocenters. The van der Waals surface area contributed by atoms with Crippen LogP contribution in [0.25, 0.3) is 0 Å². The van der Waals surface area contributed by atoms with Crippen LogP contribution in [0.1, 0.15) is 12.5 Å². The van der Waals surface area contributed by atoms with Gasteiger partial charge in [-0.15, -0.1) is 0 Å². The molecule has 6 heteroatoms. The van der Waals surface area contributed by atoms with Crippen molar-refractivity contribution in [3.8, 4) is 5.75 Å². The highest BCUT2D eigenvalue weighted by Crippen LogP contribution is 2.44. The Hall–Kier alpha value is -2.63. The summed E-state index contributed by atoms with van der Waals surface area (Å²) in [5.41, 5.74) is 11.8. The molecule has 0 bridgehead atoms. The molecule has 1 amide bonds. The minimum absolute atomic E-state index is 0.0459. The van der Waals surface area contributed by atoms with Gasteiger partial charge in [0.25, 0.3) is 5.91 Å². The maximum absolute atomic E-state index is 11.7. The van der Waals surface area contributed by atoms with Gasteiger partial charge in [-0.25, -0.2) is 0 Å². The van der Waals surface area contributed by atoms with Gasteiger partial charge < -0.3 is 26.3 Å². The summed E-state index contributed by atoms with van der Waals surface area (Å²) < 4.78 is 11.2. The Bertz CT molecular complexity index is 678. The monoisotopic (exact) mass is 273 g/mol. The van der Waals surface area contributed by atoms with Crippen molar-refractivity contribution in [2.24, 2.45) is 11.5 Å². The van der Waals surface area contributed by atoms with Crippen molar-refractivity contribution < 1.29 is 14.3 Å². The van der Waals surface area contributed by atoms with E-state index in [0.717, 1.165) is 11.3 Å². The van der Waals surface area contributed by atoms with E-state index in [4.69, 9.17) is 20.9 Å². The topological polar surface area (TPSA) is 99.6 Å². The Morgan fingerprint density at radius 3 is 2.75 bits per heavy atom. The summed E-state index contributed by atoms with van der Waals surface area (Å²) in [4.78, 5) is 11.7. The number of anilines is 1. The molecule has 2 aliphatic heterocycles. The van der Waals surface area contributed by atoms with Crippen molar-refractivity contribution in [1.29, 1.82) is 0 Å². The van der Waals surface area contributed by atoms with Crippen molar-refractivity contribution in [3.05, 3.63) is 47.1 Å². The third-order valence-electron chi connectivity index (χ3n) is 3.34. The predicted molar refractivity (Wildman–Crippen MR) is 73.4 cm³/mol. The van der Waals surface area contributed by atoms with E-state index >= 15 is 0 Å². The fourth-order valence-corrected chi connectivity index (χ4v) is 2.55. The van der Waals surface area contributed by atoms with Crippen LogP contribution in [-0.4, -0.2) is 11.6 Å². The average molecular weight is 273 g/mol. The number of amides is 1. The number of nitrogens with one attached hydrogen (secondary N) is 1. The molecular weight excluding hydrogens is 258 g/mol. The number of fused-ring (bicyclic) bond motifs is 1. The van der Waals surface area contributed by atoms with Gasteiger partial charge >= 0.3 is 0 Å². The molecule has 6 nitrogen and oxygen atoms in total. The molecule has 0 saturated carbocycles. The molecule has 0 radical (unpaired) electrons. The first-order chi connectivity index (χ1) is 9.43. The van der Waals surface area contributed by atoms with Crippen LogP contribution in [0.5, 0.6) is 5.75 Å². The van der Waals surface area contributed by atoms with Gasteiger partial charge in [-0.2, -0.15) is 0 Å². The number of benzene rings is 1. The van der Waals surface area contributed by atoms with Crippen LogP contribution in [0.15, 0.2) is 41.5 Å². The number of rotatable bonds is 1. The molecule has 1 aromatic rings. The van der Waals surface area contributed by atoms with E-state index in [9.17, 15) is 4.79 Å². The predicted octanol–water partition coefficient (Wildman–Crippen LogP) is 1.09. The molecule has 0 aliphatic carbocycles. The number of carbonyl (C=O) groups excluding carboxylic acids is 1. The quantitative estimate of drug-likeness (QED) is 0.711. The summed E-state index contributed by atoms with van der Waals surface area (Å²) in [6.07, 6.45) is 1.66. The molecule has 2 heterocycles. The van der Waals surface area contributed by atoms with E-state index in [0.29, 0.717) is 11.5 Å². The largest absolute Gasteiger partial charge is 0.457 e. The van der Waals surface area contributed by atoms with E-state index < -0.39 is 11.6 Å². The number of primary amides is 1. The first-order valence-electron chi connectivity index (χ1n) is 6.17. The lowest BCUT2D eigenvalue weighted by Crippen LogP contribution is -2.48. The molecule has 2 aliphatic rings. The molecule has 1 atom stereocenters. The molecular formula is C14H15N3O3. The maximum atomic E-state index is 11.7. The van der Waals surface area contributed by atoms with Gasteiger partial charge in [0, 0.05) is 6.08 Å². The lowest BCUT2D eigenvalue weighted by atomic mass is 10.00. The van der Waals surface area contributed by atoms with Crippen LogP contribution in [-0.2, 0) is 9.53 Å². The second kappa shape index (κ2) is 3.93. The van der Waals surface area contributed by atoms with Crippen molar-refractivity contribution in [2.75, 3.05) is 5.32 Å². The number of aryl methyl sites for hydroxylation is 1. The minimum Gasteiger partial charge on any atom is -0.457 e. The molecule has 104 valence electrons. The Morgan fingerprint density at radius 1 is 1.35 bits per heavy atom. The summed E-state index contributed by atoms with van der Waals surface area (Å²) in [5, 5.41) is 3.17. The Kier molecular flexibility index (Phi) is 2.44. The van der Waals surface area contributed by atoms with E-state index in [-0.39, 0.29) is 11.5 Å². The van der Waals surface area contributed by atoms with Gasteiger partial charge in [-0.3, -0.25) is 4.79 Å². The van der Waals surface area contributed by atoms with E-state index in [1.807, 2.05) is 25.1 Å². The number of para-hydroxylation sites is 1. The van der Waals surface area contributed by atoms with Crippen LogP contribution >= 0.6 is 0 Å². The summed E-state index contributed by atoms with van der Waals surface area (Å²) in [5.74, 6) is 0.468. The SMILES string of the molecule is CC1=CC2(Nc3cccc(C)c3O2)C(C(N)=O)=C(N)O1. The van der Waals surface area contributed by atoms with Gasteiger partial charge in [0.2, 0.25) is 11.6 Å². The van der Waals surface area contributed by atoms with Gasteiger partial charge in [-0.05, 0) is 25.5 Å². The Morgan fingerprint density at radius 2 is 2.10 bits per heavy atom. The number of allylic oxidation sites excluding steroid dienone is 1. The van der Waals surface area contributed by atoms with Crippen molar-refractivity contribution in [1.82, 2.24) is 0 Å². The van der Waals surface area contributed by atoms with Crippen LogP contribution in [0.4, 0.5) is 5.69 Å². The van der Waals surface area contributed by atoms with E-state index in [1.54, 1.807) is 13.0 Å². The molecule has 1 aromatic carbocycles. The zero-order valence-electron chi connectivity index (χ0n) is 11.2. The summed E-state index contributed by atoms with van der Waals surface area (Å²) in [6, 6.07) is 5.69. The Balaban J connectivity index is 2.16. The molecule has 0 fully saturated rings. The lowest BCUT2D eigenvalue weighted by molar-refractivity contribution is -0.116. The molecule has 0 aromatic heterocycles. The first-order valence-corrected chi connectivity index (χ1v) is 6.17. The zero-order chi connectivity index (χ0) is 14.5. The van der Waals surface area contributed by atoms with E-state index in [2.05, 4.69) is 5.32 Å². The first kappa shape index (κ1) is 12.4. The standard InChI is InChI=1S/C14H15N3O3/c1-7-4-3-5-9-11(7)20-14(17-9)6-8(2)19-13(16)10(14)12(15)18/h3-6,17H,16H2,1-2H3,(H2,15,18). The number of ether oxygens (including phenoxy) is 2. The summed E-state index contributed by atoms with van der Waals surface area (Å²) in [7, 11) is 0. The third-order valence-corrected chi connectivity index (χ3v) is 3.34. The average Bonchev–Trinajstić information content (AvgIpc) is 2.66. The molecule has 5 N–H and O–H groups in total.